The summed E-state index contributed by atoms with van der Waals surface area (Å²) in [5, 5.41) is 0.451. The van der Waals surface area contributed by atoms with Crippen LogP contribution in [-0.4, -0.2) is 24.5 Å². The van der Waals surface area contributed by atoms with Gasteiger partial charge in [-0.2, -0.15) is 0 Å². The molecule has 6 heteroatoms. The number of rotatable bonds is 6. The van der Waals surface area contributed by atoms with Gasteiger partial charge < -0.3 is 9.47 Å². The molecule has 24 heavy (non-hydrogen) atoms. The van der Waals surface area contributed by atoms with Crippen LogP contribution in [0.3, 0.4) is 0 Å². The van der Waals surface area contributed by atoms with Crippen molar-refractivity contribution in [2.75, 3.05) is 13.7 Å². The maximum absolute atomic E-state index is 13.2. The van der Waals surface area contributed by atoms with Gasteiger partial charge in [0.1, 0.15) is 18.2 Å². The maximum Gasteiger partial charge on any atom is 0.279 e. The summed E-state index contributed by atoms with van der Waals surface area (Å²) in [6.45, 7) is 1.95. The number of halogens is 1. The Morgan fingerprint density at radius 2 is 2.00 bits per heavy atom. The lowest BCUT2D eigenvalue weighted by atomic mass is 9.97. The van der Waals surface area contributed by atoms with Gasteiger partial charge in [0.05, 0.1) is 10.2 Å². The minimum absolute atomic E-state index is 0.0272. The minimum atomic E-state index is -0.295. The Hall–Kier alpha value is -2.31. The zero-order chi connectivity index (χ0) is 17.1. The Kier molecular flexibility index (Phi) is 4.87. The first-order valence-corrected chi connectivity index (χ1v) is 8.24. The lowest BCUT2D eigenvalue weighted by Crippen LogP contribution is -2.14. The molecule has 0 aliphatic rings. The fourth-order valence-electron chi connectivity index (χ4n) is 2.30. The molecule has 0 aliphatic carbocycles. The number of nitrogens with zero attached hydrogens (tertiary/aromatic N) is 1. The van der Waals surface area contributed by atoms with Gasteiger partial charge in [0.2, 0.25) is 0 Å². The summed E-state index contributed by atoms with van der Waals surface area (Å²) < 4.78 is 24.6. The minimum Gasteiger partial charge on any atom is -0.431 e. The van der Waals surface area contributed by atoms with Crippen LogP contribution in [0.5, 0.6) is 10.9 Å². The van der Waals surface area contributed by atoms with Gasteiger partial charge in [-0.3, -0.25) is 4.79 Å². The van der Waals surface area contributed by atoms with Gasteiger partial charge in [0, 0.05) is 13.0 Å². The predicted octanol–water partition coefficient (Wildman–Crippen LogP) is 4.55. The third-order valence-corrected chi connectivity index (χ3v) is 4.58. The van der Waals surface area contributed by atoms with Crippen LogP contribution in [0, 0.1) is 5.82 Å². The number of fused-ring (bicyclic) bond motifs is 1. The first kappa shape index (κ1) is 16.5. The SMILES string of the molecule is COCC(=O)C(C)c1ccc(Oc2nc3ccc(F)cc3s2)cc1. The van der Waals surface area contributed by atoms with E-state index in [1.165, 1.54) is 30.6 Å². The highest BCUT2D eigenvalue weighted by Crippen LogP contribution is 2.32. The van der Waals surface area contributed by atoms with E-state index in [-0.39, 0.29) is 24.1 Å². The summed E-state index contributed by atoms with van der Waals surface area (Å²) in [6.07, 6.45) is 0. The molecule has 0 saturated carbocycles. The normalized spacial score (nSPS) is 12.3. The Bertz CT molecular complexity index is 860. The number of hydrogen-bond donors (Lipinski definition) is 0. The molecule has 1 unspecified atom stereocenters. The van der Waals surface area contributed by atoms with Crippen LogP contribution in [0.2, 0.25) is 0 Å². The van der Waals surface area contributed by atoms with Crippen molar-refractivity contribution in [3.05, 3.63) is 53.8 Å². The molecule has 0 amide bonds. The number of thiazole rings is 1. The van der Waals surface area contributed by atoms with Gasteiger partial charge in [0.15, 0.2) is 5.78 Å². The van der Waals surface area contributed by atoms with E-state index in [0.717, 1.165) is 10.3 Å². The first-order chi connectivity index (χ1) is 11.6. The second kappa shape index (κ2) is 7.07. The third kappa shape index (κ3) is 3.60. The smallest absolute Gasteiger partial charge is 0.279 e. The largest absolute Gasteiger partial charge is 0.431 e. The summed E-state index contributed by atoms with van der Waals surface area (Å²) in [5.74, 6) is 0.116. The van der Waals surface area contributed by atoms with E-state index in [1.54, 1.807) is 18.2 Å². The number of carbonyl (C=O) groups excluding carboxylic acids is 1. The van der Waals surface area contributed by atoms with E-state index in [1.807, 2.05) is 19.1 Å². The molecule has 0 saturated heterocycles. The Morgan fingerprint density at radius 1 is 1.25 bits per heavy atom. The summed E-state index contributed by atoms with van der Waals surface area (Å²) >= 11 is 1.28. The Balaban J connectivity index is 1.74. The van der Waals surface area contributed by atoms with Crippen LogP contribution in [0.15, 0.2) is 42.5 Å². The van der Waals surface area contributed by atoms with Gasteiger partial charge in [-0.05, 0) is 35.9 Å². The van der Waals surface area contributed by atoms with Crippen LogP contribution in [-0.2, 0) is 9.53 Å². The quantitative estimate of drug-likeness (QED) is 0.658. The second-order valence-corrected chi connectivity index (χ2v) is 6.38. The predicted molar refractivity (Wildman–Crippen MR) is 91.4 cm³/mol. The average Bonchev–Trinajstić information content (AvgIpc) is 2.96. The fourth-order valence-corrected chi connectivity index (χ4v) is 3.16. The Labute approximate surface area is 142 Å². The molecule has 3 rings (SSSR count). The van der Waals surface area contributed by atoms with Gasteiger partial charge in [0.25, 0.3) is 5.19 Å². The summed E-state index contributed by atoms with van der Waals surface area (Å²) in [7, 11) is 1.51. The molecule has 1 atom stereocenters. The third-order valence-electron chi connectivity index (χ3n) is 3.69. The molecule has 0 aliphatic heterocycles. The molecule has 1 aromatic heterocycles. The number of hydrogen-bond acceptors (Lipinski definition) is 5. The molecule has 4 nitrogen and oxygen atoms in total. The number of benzene rings is 2. The van der Waals surface area contributed by atoms with Gasteiger partial charge in [-0.15, -0.1) is 0 Å². The number of methoxy groups -OCH3 is 1. The zero-order valence-electron chi connectivity index (χ0n) is 13.3. The molecule has 0 spiro atoms. The van der Waals surface area contributed by atoms with Crippen molar-refractivity contribution in [2.24, 2.45) is 0 Å². The van der Waals surface area contributed by atoms with Crippen LogP contribution in [0.4, 0.5) is 4.39 Å². The Morgan fingerprint density at radius 3 is 2.71 bits per heavy atom. The molecular weight excluding hydrogens is 329 g/mol. The topological polar surface area (TPSA) is 48.4 Å². The highest BCUT2D eigenvalue weighted by Gasteiger charge is 2.15. The molecule has 1 heterocycles. The van der Waals surface area contributed by atoms with Gasteiger partial charge >= 0.3 is 0 Å². The number of ketones is 1. The van der Waals surface area contributed by atoms with Crippen LogP contribution in [0.1, 0.15) is 18.4 Å². The van der Waals surface area contributed by atoms with Gasteiger partial charge in [-0.1, -0.05) is 30.4 Å². The lowest BCUT2D eigenvalue weighted by molar-refractivity contribution is -0.123. The van der Waals surface area contributed by atoms with E-state index in [9.17, 15) is 9.18 Å². The summed E-state index contributed by atoms with van der Waals surface area (Å²) in [5.41, 5.74) is 1.60. The maximum atomic E-state index is 13.2. The van der Waals surface area contributed by atoms with Crippen molar-refractivity contribution in [3.63, 3.8) is 0 Å². The van der Waals surface area contributed by atoms with E-state index >= 15 is 0 Å². The average molecular weight is 345 g/mol. The molecule has 0 bridgehead atoms. The standard InChI is InChI=1S/C18H16FNO3S/c1-11(16(21)10-22-2)12-3-6-14(7-4-12)23-18-20-15-8-5-13(19)9-17(15)24-18/h3-9,11H,10H2,1-2H3. The summed E-state index contributed by atoms with van der Waals surface area (Å²) in [6, 6.07) is 11.7. The number of ether oxygens (including phenoxy) is 2. The van der Waals surface area contributed by atoms with E-state index < -0.39 is 0 Å². The second-order valence-electron chi connectivity index (χ2n) is 5.38. The van der Waals surface area contributed by atoms with Crippen molar-refractivity contribution in [1.29, 1.82) is 0 Å². The van der Waals surface area contributed by atoms with Crippen molar-refractivity contribution in [1.82, 2.24) is 4.98 Å². The summed E-state index contributed by atoms with van der Waals surface area (Å²) in [4.78, 5) is 16.2. The van der Waals surface area contributed by atoms with Crippen LogP contribution in [0.25, 0.3) is 10.2 Å². The fraction of sp³-hybridized carbons (Fsp3) is 0.222. The van der Waals surface area contributed by atoms with E-state index in [2.05, 4.69) is 4.98 Å². The molecule has 2 aromatic carbocycles. The lowest BCUT2D eigenvalue weighted by Gasteiger charge is -2.10. The van der Waals surface area contributed by atoms with Crippen molar-refractivity contribution < 1.29 is 18.7 Å². The van der Waals surface area contributed by atoms with E-state index in [4.69, 9.17) is 9.47 Å². The number of aromatic nitrogens is 1. The molecule has 124 valence electrons. The van der Waals surface area contributed by atoms with Crippen molar-refractivity contribution in [3.8, 4) is 10.9 Å². The highest BCUT2D eigenvalue weighted by molar-refractivity contribution is 7.20. The number of carbonyl (C=O) groups is 1. The zero-order valence-corrected chi connectivity index (χ0v) is 14.1. The van der Waals surface area contributed by atoms with Crippen molar-refractivity contribution >= 4 is 27.3 Å². The van der Waals surface area contributed by atoms with Crippen molar-refractivity contribution in [2.45, 2.75) is 12.8 Å². The molecular formula is C18H16FNO3S. The van der Waals surface area contributed by atoms with E-state index in [0.29, 0.717) is 16.5 Å². The van der Waals surface area contributed by atoms with Crippen LogP contribution >= 0.6 is 11.3 Å². The van der Waals surface area contributed by atoms with Gasteiger partial charge in [-0.25, -0.2) is 9.37 Å². The molecule has 3 aromatic rings. The van der Waals surface area contributed by atoms with Crippen LogP contribution < -0.4 is 4.74 Å². The first-order valence-electron chi connectivity index (χ1n) is 7.42. The molecule has 0 N–H and O–H groups in total. The molecule has 0 fully saturated rings. The number of Topliss-reactive ketones (excluding diaryl/α,β-unsaturated/α-hetero) is 1. The highest BCUT2D eigenvalue weighted by atomic mass is 32.1. The monoisotopic (exact) mass is 345 g/mol. The molecule has 0 radical (unpaired) electrons.